The maximum absolute atomic E-state index is 11.4. The Morgan fingerprint density at radius 1 is 1.11 bits per heavy atom. The molecule has 0 spiro atoms. The lowest BCUT2D eigenvalue weighted by Crippen LogP contribution is -2.47. The zero-order chi connectivity index (χ0) is 13.7. The molecule has 0 aliphatic carbocycles. The van der Waals surface area contributed by atoms with Crippen LogP contribution in [-0.4, -0.2) is 51.8 Å². The zero-order valence-corrected chi connectivity index (χ0v) is 11.8. The first kappa shape index (κ1) is 14.1. The summed E-state index contributed by atoms with van der Waals surface area (Å²) in [6.45, 7) is 7.62. The molecule has 19 heavy (non-hydrogen) atoms. The van der Waals surface area contributed by atoms with Crippen LogP contribution in [0, 0.1) is 0 Å². The van der Waals surface area contributed by atoms with Crippen LogP contribution < -0.4 is 4.90 Å². The summed E-state index contributed by atoms with van der Waals surface area (Å²) < 4.78 is 22.7. The van der Waals surface area contributed by atoms with Gasteiger partial charge in [0.05, 0.1) is 5.75 Å². The van der Waals surface area contributed by atoms with Gasteiger partial charge in [0.15, 0.2) is 9.84 Å². The second kappa shape index (κ2) is 6.21. The van der Waals surface area contributed by atoms with Gasteiger partial charge in [-0.15, -0.1) is 0 Å². The fraction of sp³-hybridized carbons (Fsp3) is 0.429. The maximum Gasteiger partial charge on any atom is 0.172 e. The minimum absolute atomic E-state index is 0.168. The highest BCUT2D eigenvalue weighted by molar-refractivity contribution is 7.94. The van der Waals surface area contributed by atoms with Crippen LogP contribution in [0.5, 0.6) is 0 Å². The lowest BCUT2D eigenvalue weighted by atomic mass is 10.2. The quantitative estimate of drug-likeness (QED) is 0.817. The van der Waals surface area contributed by atoms with E-state index in [1.165, 1.54) is 5.69 Å². The molecule has 0 atom stereocenters. The monoisotopic (exact) mass is 280 g/mol. The normalized spacial score (nSPS) is 17.4. The second-order valence-electron chi connectivity index (χ2n) is 4.70. The fourth-order valence-electron chi connectivity index (χ4n) is 2.21. The van der Waals surface area contributed by atoms with Gasteiger partial charge in [-0.1, -0.05) is 24.8 Å². The first-order valence-electron chi connectivity index (χ1n) is 6.48. The molecular formula is C14H20N2O2S. The minimum Gasteiger partial charge on any atom is -0.369 e. The molecule has 0 N–H and O–H groups in total. The Hall–Kier alpha value is -1.33. The van der Waals surface area contributed by atoms with Crippen LogP contribution >= 0.6 is 0 Å². The van der Waals surface area contributed by atoms with Crippen LogP contribution in [0.4, 0.5) is 5.69 Å². The van der Waals surface area contributed by atoms with Gasteiger partial charge in [0.1, 0.15) is 0 Å². The predicted octanol–water partition coefficient (Wildman–Crippen LogP) is 1.37. The van der Waals surface area contributed by atoms with Crippen molar-refractivity contribution >= 4 is 15.5 Å². The largest absolute Gasteiger partial charge is 0.369 e. The number of rotatable bonds is 5. The molecule has 0 aromatic heterocycles. The van der Waals surface area contributed by atoms with Crippen LogP contribution in [0.2, 0.25) is 0 Å². The Bertz CT molecular complexity index is 506. The summed E-state index contributed by atoms with van der Waals surface area (Å²) in [5.41, 5.74) is 1.24. The molecule has 2 rings (SSSR count). The van der Waals surface area contributed by atoms with E-state index in [-0.39, 0.29) is 5.75 Å². The van der Waals surface area contributed by atoms with Crippen molar-refractivity contribution < 1.29 is 8.42 Å². The first-order chi connectivity index (χ1) is 9.11. The molecule has 0 unspecified atom stereocenters. The summed E-state index contributed by atoms with van der Waals surface area (Å²) in [5, 5.41) is 1.05. The third kappa shape index (κ3) is 4.08. The molecule has 104 valence electrons. The van der Waals surface area contributed by atoms with Gasteiger partial charge < -0.3 is 4.90 Å². The molecule has 0 amide bonds. The highest BCUT2D eigenvalue weighted by atomic mass is 32.2. The lowest BCUT2D eigenvalue weighted by molar-refractivity contribution is 0.272. The van der Waals surface area contributed by atoms with E-state index in [9.17, 15) is 8.42 Å². The van der Waals surface area contributed by atoms with Crippen molar-refractivity contribution in [3.63, 3.8) is 0 Å². The smallest absolute Gasteiger partial charge is 0.172 e. The van der Waals surface area contributed by atoms with E-state index in [2.05, 4.69) is 28.5 Å². The molecule has 1 aromatic carbocycles. The van der Waals surface area contributed by atoms with Gasteiger partial charge in [-0.05, 0) is 12.1 Å². The van der Waals surface area contributed by atoms with Crippen molar-refractivity contribution in [3.05, 3.63) is 42.3 Å². The van der Waals surface area contributed by atoms with Gasteiger partial charge in [0, 0.05) is 43.8 Å². The van der Waals surface area contributed by atoms with E-state index < -0.39 is 9.84 Å². The topological polar surface area (TPSA) is 40.6 Å². The van der Waals surface area contributed by atoms with Gasteiger partial charge >= 0.3 is 0 Å². The Morgan fingerprint density at radius 3 is 2.32 bits per heavy atom. The van der Waals surface area contributed by atoms with Crippen molar-refractivity contribution in [2.24, 2.45) is 0 Å². The summed E-state index contributed by atoms with van der Waals surface area (Å²) in [6.07, 6.45) is 0. The number of anilines is 1. The molecule has 1 saturated heterocycles. The average Bonchev–Trinajstić information content (AvgIpc) is 2.47. The summed E-state index contributed by atoms with van der Waals surface area (Å²) >= 11 is 0. The van der Waals surface area contributed by atoms with Crippen molar-refractivity contribution in [1.82, 2.24) is 4.90 Å². The molecule has 1 aliphatic heterocycles. The van der Waals surface area contributed by atoms with Crippen LogP contribution in [0.15, 0.2) is 42.3 Å². The van der Waals surface area contributed by atoms with Crippen LogP contribution in [0.1, 0.15) is 0 Å². The molecule has 1 heterocycles. The summed E-state index contributed by atoms with van der Waals surface area (Å²) in [6, 6.07) is 10.3. The van der Waals surface area contributed by atoms with Gasteiger partial charge in [0.2, 0.25) is 0 Å². The van der Waals surface area contributed by atoms with Gasteiger partial charge in [-0.25, -0.2) is 8.42 Å². The fourth-order valence-corrected chi connectivity index (χ4v) is 2.89. The summed E-state index contributed by atoms with van der Waals surface area (Å²) in [5.74, 6) is 0.168. The third-order valence-electron chi connectivity index (χ3n) is 3.44. The third-order valence-corrected chi connectivity index (χ3v) is 4.70. The number of para-hydroxylation sites is 1. The molecule has 5 heteroatoms. The van der Waals surface area contributed by atoms with Crippen LogP contribution in [0.3, 0.4) is 0 Å². The number of hydrogen-bond acceptors (Lipinski definition) is 4. The Labute approximate surface area is 115 Å². The molecule has 1 aliphatic rings. The second-order valence-corrected chi connectivity index (χ2v) is 6.77. The lowest BCUT2D eigenvalue weighted by Gasteiger charge is -2.36. The number of hydrogen-bond donors (Lipinski definition) is 0. The standard InChI is InChI=1S/C14H20N2O2S/c1-2-19(17,18)13-12-15-8-10-16(11-9-15)14-6-4-3-5-7-14/h2-7H,1,8-13H2. The number of benzene rings is 1. The SMILES string of the molecule is C=CS(=O)(=O)CCN1CCN(c2ccccc2)CC1. The van der Waals surface area contributed by atoms with E-state index in [4.69, 9.17) is 0 Å². The number of sulfone groups is 1. The van der Waals surface area contributed by atoms with Crippen LogP contribution in [0.25, 0.3) is 0 Å². The van der Waals surface area contributed by atoms with Crippen molar-refractivity contribution in [3.8, 4) is 0 Å². The Balaban J connectivity index is 1.81. The highest BCUT2D eigenvalue weighted by Crippen LogP contribution is 2.15. The molecule has 0 radical (unpaired) electrons. The zero-order valence-electron chi connectivity index (χ0n) is 11.0. The van der Waals surface area contributed by atoms with Crippen molar-refractivity contribution in [2.45, 2.75) is 0 Å². The van der Waals surface area contributed by atoms with E-state index in [1.807, 2.05) is 18.2 Å². The van der Waals surface area contributed by atoms with E-state index in [0.29, 0.717) is 6.54 Å². The molecule has 1 fully saturated rings. The first-order valence-corrected chi connectivity index (χ1v) is 8.20. The Morgan fingerprint density at radius 2 is 1.74 bits per heavy atom. The van der Waals surface area contributed by atoms with E-state index in [0.717, 1.165) is 31.6 Å². The maximum atomic E-state index is 11.4. The highest BCUT2D eigenvalue weighted by Gasteiger charge is 2.18. The van der Waals surface area contributed by atoms with E-state index in [1.54, 1.807) is 0 Å². The minimum atomic E-state index is -3.08. The summed E-state index contributed by atoms with van der Waals surface area (Å²) in [7, 11) is -3.08. The molecule has 0 bridgehead atoms. The molecule has 4 nitrogen and oxygen atoms in total. The average molecular weight is 280 g/mol. The molecule has 1 aromatic rings. The molecule has 0 saturated carbocycles. The van der Waals surface area contributed by atoms with Gasteiger partial charge in [-0.2, -0.15) is 0 Å². The van der Waals surface area contributed by atoms with E-state index >= 15 is 0 Å². The van der Waals surface area contributed by atoms with Gasteiger partial charge in [-0.3, -0.25) is 4.90 Å². The van der Waals surface area contributed by atoms with Crippen molar-refractivity contribution in [1.29, 1.82) is 0 Å². The summed E-state index contributed by atoms with van der Waals surface area (Å²) in [4.78, 5) is 4.53. The number of piperazine rings is 1. The van der Waals surface area contributed by atoms with Crippen LogP contribution in [-0.2, 0) is 9.84 Å². The molecular weight excluding hydrogens is 260 g/mol. The van der Waals surface area contributed by atoms with Gasteiger partial charge in [0.25, 0.3) is 0 Å². The Kier molecular flexibility index (Phi) is 4.61. The predicted molar refractivity (Wildman–Crippen MR) is 79.1 cm³/mol. The van der Waals surface area contributed by atoms with Crippen molar-refractivity contribution in [2.75, 3.05) is 43.4 Å². The number of nitrogens with zero attached hydrogens (tertiary/aromatic N) is 2.